The number of piperazine rings is 2. The Hall–Kier alpha value is -4.54. The van der Waals surface area contributed by atoms with Crippen LogP contribution in [0, 0.1) is 0 Å². The molecule has 6 rings (SSSR count). The summed E-state index contributed by atoms with van der Waals surface area (Å²) in [6.07, 6.45) is -1.25. The summed E-state index contributed by atoms with van der Waals surface area (Å²) in [6.45, 7) is 11.4. The van der Waals surface area contributed by atoms with E-state index in [-0.39, 0.29) is 91.7 Å². The van der Waals surface area contributed by atoms with Crippen molar-refractivity contribution in [2.24, 2.45) is 0 Å². The molecule has 1 aromatic heterocycles. The molecule has 3 amide bonds. The van der Waals surface area contributed by atoms with Gasteiger partial charge in [0.2, 0.25) is 15.9 Å². The van der Waals surface area contributed by atoms with E-state index in [0.29, 0.717) is 5.69 Å². The number of amides is 3. The first-order chi connectivity index (χ1) is 26.1. The second-order valence-electron chi connectivity index (χ2n) is 16.3. The van der Waals surface area contributed by atoms with Gasteiger partial charge in [-0.3, -0.25) is 9.69 Å². The van der Waals surface area contributed by atoms with Gasteiger partial charge in [-0.05, 0) is 77.9 Å². The molecular weight excluding hydrogens is 770 g/mol. The normalized spacial score (nSPS) is 20.1. The second kappa shape index (κ2) is 15.1. The van der Waals surface area contributed by atoms with Crippen molar-refractivity contribution < 1.29 is 41.1 Å². The largest absolute Gasteiger partial charge is 0.444 e. The summed E-state index contributed by atoms with van der Waals surface area (Å²) in [6, 6.07) is 15.7. The SMILES string of the molecule is CC(C)(C)OC(=O)N1CCN(C(=O)OC(C)(C)C)C2(CC(=O)N(c3ccc(S(=O)(=O)N4CCN(c5cc(C(F)(F)c6ccccc6)cc(Cl)n5)CC4)cc3)C2)C1. The van der Waals surface area contributed by atoms with Crippen molar-refractivity contribution in [3.05, 3.63) is 83.0 Å². The molecule has 0 radical (unpaired) electrons. The molecule has 0 aliphatic carbocycles. The van der Waals surface area contributed by atoms with E-state index in [2.05, 4.69) is 4.98 Å². The summed E-state index contributed by atoms with van der Waals surface area (Å²) < 4.78 is 71.0. The van der Waals surface area contributed by atoms with Crippen LogP contribution in [0.2, 0.25) is 5.15 Å². The standard InChI is InChI=1S/C39H47ClF2N6O7S/c1-36(2,3)54-34(50)45-18-21-48(35(51)55-37(4,5)6)38(25-45)24-33(49)47(26-38)29-12-14-30(15-13-29)56(52,53)46-19-16-44(17-20-46)32-23-28(22-31(40)43-32)39(41,42)27-10-8-7-9-11-27/h7-15,22-23H,16-21,24-26H2,1-6H3. The number of nitrogens with zero attached hydrogens (tertiary/aromatic N) is 6. The molecular formula is C39H47ClF2N6O7S. The van der Waals surface area contributed by atoms with Gasteiger partial charge in [-0.1, -0.05) is 41.9 Å². The lowest BCUT2D eigenvalue weighted by Crippen LogP contribution is -2.66. The summed E-state index contributed by atoms with van der Waals surface area (Å²) in [4.78, 5) is 50.8. The minimum absolute atomic E-state index is 0.00544. The lowest BCUT2D eigenvalue weighted by molar-refractivity contribution is -0.118. The van der Waals surface area contributed by atoms with Gasteiger partial charge in [0.15, 0.2) is 0 Å². The Bertz CT molecular complexity index is 2070. The fourth-order valence-corrected chi connectivity index (χ4v) is 8.77. The van der Waals surface area contributed by atoms with E-state index >= 15 is 8.78 Å². The van der Waals surface area contributed by atoms with Gasteiger partial charge in [0, 0.05) is 62.6 Å². The molecule has 302 valence electrons. The predicted octanol–water partition coefficient (Wildman–Crippen LogP) is 6.35. The summed E-state index contributed by atoms with van der Waals surface area (Å²) in [7, 11) is -3.98. The molecule has 3 saturated heterocycles. The highest BCUT2D eigenvalue weighted by Gasteiger charge is 2.54. The number of alkyl halides is 2. The maximum absolute atomic E-state index is 15.4. The zero-order valence-corrected chi connectivity index (χ0v) is 33.9. The molecule has 1 unspecified atom stereocenters. The highest BCUT2D eigenvalue weighted by atomic mass is 35.5. The zero-order valence-electron chi connectivity index (χ0n) is 32.3. The number of anilines is 2. The van der Waals surface area contributed by atoms with E-state index in [0.717, 1.165) is 6.07 Å². The minimum atomic E-state index is -3.98. The first kappa shape index (κ1) is 41.1. The second-order valence-corrected chi connectivity index (χ2v) is 18.6. The topological polar surface area (TPSA) is 133 Å². The van der Waals surface area contributed by atoms with Crippen LogP contribution in [0.25, 0.3) is 0 Å². The molecule has 0 N–H and O–H groups in total. The third-order valence-electron chi connectivity index (χ3n) is 9.78. The summed E-state index contributed by atoms with van der Waals surface area (Å²) >= 11 is 6.19. The van der Waals surface area contributed by atoms with Gasteiger partial charge >= 0.3 is 12.2 Å². The van der Waals surface area contributed by atoms with Crippen LogP contribution in [0.4, 0.5) is 29.9 Å². The molecule has 56 heavy (non-hydrogen) atoms. The van der Waals surface area contributed by atoms with Crippen LogP contribution in [0.1, 0.15) is 59.1 Å². The van der Waals surface area contributed by atoms with E-state index in [1.54, 1.807) is 52.5 Å². The maximum atomic E-state index is 15.4. The molecule has 13 nitrogen and oxygen atoms in total. The van der Waals surface area contributed by atoms with E-state index in [9.17, 15) is 22.8 Å². The Balaban J connectivity index is 1.16. The number of sulfonamides is 1. The molecule has 2 aromatic carbocycles. The van der Waals surface area contributed by atoms with Gasteiger partial charge in [0.25, 0.3) is 5.92 Å². The monoisotopic (exact) mass is 816 g/mol. The molecule has 4 heterocycles. The van der Waals surface area contributed by atoms with Crippen molar-refractivity contribution in [3.8, 4) is 0 Å². The van der Waals surface area contributed by atoms with Crippen molar-refractivity contribution in [2.45, 2.75) is 75.5 Å². The molecule has 17 heteroatoms. The predicted molar refractivity (Wildman–Crippen MR) is 207 cm³/mol. The summed E-state index contributed by atoms with van der Waals surface area (Å²) in [5, 5.41) is -0.105. The van der Waals surface area contributed by atoms with Crippen LogP contribution in [-0.4, -0.2) is 115 Å². The van der Waals surface area contributed by atoms with Gasteiger partial charge < -0.3 is 24.2 Å². The number of benzene rings is 2. The number of aromatic nitrogens is 1. The maximum Gasteiger partial charge on any atom is 0.410 e. The van der Waals surface area contributed by atoms with Crippen LogP contribution in [0.15, 0.2) is 71.6 Å². The van der Waals surface area contributed by atoms with Crippen molar-refractivity contribution in [1.82, 2.24) is 19.1 Å². The van der Waals surface area contributed by atoms with E-state index in [4.69, 9.17) is 21.1 Å². The summed E-state index contributed by atoms with van der Waals surface area (Å²) in [5.41, 5.74) is -2.77. The molecule has 3 fully saturated rings. The summed E-state index contributed by atoms with van der Waals surface area (Å²) in [5.74, 6) is -3.42. The molecule has 0 bridgehead atoms. The Labute approximate surface area is 331 Å². The average Bonchev–Trinajstić information content (AvgIpc) is 3.45. The fourth-order valence-electron chi connectivity index (χ4n) is 7.14. The molecule has 0 saturated carbocycles. The molecule has 3 aliphatic heterocycles. The van der Waals surface area contributed by atoms with E-state index in [1.165, 1.54) is 73.6 Å². The van der Waals surface area contributed by atoms with Crippen LogP contribution in [0.3, 0.4) is 0 Å². The van der Waals surface area contributed by atoms with Crippen LogP contribution in [-0.2, 0) is 30.2 Å². The number of hydrogen-bond donors (Lipinski definition) is 0. The third-order valence-corrected chi connectivity index (χ3v) is 11.9. The first-order valence-electron chi connectivity index (χ1n) is 18.3. The average molecular weight is 817 g/mol. The van der Waals surface area contributed by atoms with Crippen LogP contribution >= 0.6 is 11.6 Å². The van der Waals surface area contributed by atoms with Crippen molar-refractivity contribution in [2.75, 3.05) is 62.2 Å². The lowest BCUT2D eigenvalue weighted by Gasteiger charge is -2.48. The highest BCUT2D eigenvalue weighted by molar-refractivity contribution is 7.89. The van der Waals surface area contributed by atoms with Gasteiger partial charge in [0.1, 0.15) is 22.2 Å². The highest BCUT2D eigenvalue weighted by Crippen LogP contribution is 2.39. The Kier molecular flexibility index (Phi) is 11.1. The number of halogens is 3. The van der Waals surface area contributed by atoms with Crippen LogP contribution < -0.4 is 9.80 Å². The Morgan fingerprint density at radius 3 is 2.00 bits per heavy atom. The number of hydrogen-bond acceptors (Lipinski definition) is 9. The van der Waals surface area contributed by atoms with Gasteiger partial charge in [-0.15, -0.1) is 0 Å². The zero-order chi connectivity index (χ0) is 40.8. The van der Waals surface area contributed by atoms with E-state index < -0.39 is 44.9 Å². The molecule has 3 aromatic rings. The Morgan fingerprint density at radius 2 is 1.39 bits per heavy atom. The molecule has 3 aliphatic rings. The van der Waals surface area contributed by atoms with Gasteiger partial charge in [-0.25, -0.2) is 23.0 Å². The van der Waals surface area contributed by atoms with E-state index in [1.807, 2.05) is 0 Å². The number of rotatable bonds is 6. The Morgan fingerprint density at radius 1 is 0.786 bits per heavy atom. The molecule has 1 spiro atoms. The number of carbonyl (C=O) groups is 3. The minimum Gasteiger partial charge on any atom is -0.444 e. The molecule has 1 atom stereocenters. The lowest BCUT2D eigenvalue weighted by atomic mass is 9.93. The van der Waals surface area contributed by atoms with Crippen LogP contribution in [0.5, 0.6) is 0 Å². The van der Waals surface area contributed by atoms with Crippen molar-refractivity contribution >= 4 is 51.2 Å². The number of carbonyl (C=O) groups excluding carboxylic acids is 3. The smallest absolute Gasteiger partial charge is 0.410 e. The first-order valence-corrected chi connectivity index (χ1v) is 20.2. The van der Waals surface area contributed by atoms with Crippen molar-refractivity contribution in [3.63, 3.8) is 0 Å². The van der Waals surface area contributed by atoms with Gasteiger partial charge in [-0.2, -0.15) is 13.1 Å². The quantitative estimate of drug-likeness (QED) is 0.261. The number of ether oxygens (including phenoxy) is 2. The van der Waals surface area contributed by atoms with Gasteiger partial charge in [0.05, 0.1) is 23.4 Å². The third kappa shape index (κ3) is 8.71. The van der Waals surface area contributed by atoms with Crippen molar-refractivity contribution in [1.29, 1.82) is 0 Å². The fraction of sp³-hybridized carbons (Fsp3) is 0.487. The number of pyridine rings is 1.